The van der Waals surface area contributed by atoms with Gasteiger partial charge in [0.15, 0.2) is 0 Å². The van der Waals surface area contributed by atoms with Crippen molar-refractivity contribution >= 4 is 10.8 Å². The first-order valence-corrected chi connectivity index (χ1v) is 4.02. The van der Waals surface area contributed by atoms with Crippen LogP contribution in [0.1, 0.15) is 0 Å². The summed E-state index contributed by atoms with van der Waals surface area (Å²) in [7, 11) is 0. The summed E-state index contributed by atoms with van der Waals surface area (Å²) in [5, 5.41) is 2.61. The van der Waals surface area contributed by atoms with Crippen LogP contribution in [-0.4, -0.2) is 0 Å². The van der Waals surface area contributed by atoms with E-state index in [0.29, 0.717) is 0 Å². The number of benzene rings is 3. The molecule has 3 aromatic carbocycles. The minimum atomic E-state index is 1.31. The molecule has 13 heavy (non-hydrogen) atoms. The Bertz CT molecular complexity index is 281. The van der Waals surface area contributed by atoms with E-state index in [1.165, 1.54) is 23.3 Å². The first-order valence-electron chi connectivity index (χ1n) is 4.02. The summed E-state index contributed by atoms with van der Waals surface area (Å²) < 4.78 is 4.36. The van der Waals surface area contributed by atoms with Gasteiger partial charge in [0, 0.05) is 0 Å². The summed E-state index contributed by atoms with van der Waals surface area (Å²) in [6, 6.07) is 12.7. The van der Waals surface area contributed by atoms with Gasteiger partial charge in [-0.1, -0.05) is 49.6 Å². The zero-order valence-electron chi connectivity index (χ0n) is 7.44. The predicted octanol–water partition coefficient (Wildman–Crippen LogP) is 3.57. The van der Waals surface area contributed by atoms with Crippen LogP contribution in [0.25, 0.3) is 10.8 Å². The van der Waals surface area contributed by atoms with Gasteiger partial charge >= 0.3 is 0 Å². The third-order valence-corrected chi connectivity index (χ3v) is 1.60. The van der Waals surface area contributed by atoms with Crippen molar-refractivity contribution in [1.82, 2.24) is 0 Å². The number of ether oxygens (including phenoxy) is 1. The fourth-order valence-electron chi connectivity index (χ4n) is 0.979. The molecule has 3 rings (SSSR count). The fraction of sp³-hybridized carbons (Fsp3) is 0. The first kappa shape index (κ1) is 9.33. The molecule has 0 aliphatic rings. The Hall–Kier alpha value is -1.76. The van der Waals surface area contributed by atoms with Crippen LogP contribution in [0, 0.1) is 0 Å². The zero-order chi connectivity index (χ0) is 9.52. The molecule has 0 atom stereocenters. The average molecular weight is 172 g/mol. The third-order valence-electron chi connectivity index (χ3n) is 1.60. The Morgan fingerprint density at radius 1 is 0.769 bits per heavy atom. The monoisotopic (exact) mass is 172 g/mol. The minimum Gasteiger partial charge on any atom is -0.474 e. The van der Waals surface area contributed by atoms with Gasteiger partial charge in [-0.3, -0.25) is 0 Å². The van der Waals surface area contributed by atoms with E-state index in [2.05, 4.69) is 54.3 Å². The average Bonchev–Trinajstić information content (AvgIpc) is 2.23. The molecule has 0 N–H and O–H groups in total. The van der Waals surface area contributed by atoms with Gasteiger partial charge < -0.3 is 4.74 Å². The molecule has 1 heteroatoms. The van der Waals surface area contributed by atoms with Crippen LogP contribution in [0.5, 0.6) is 0 Å². The van der Waals surface area contributed by atoms with Crippen LogP contribution in [0.3, 0.4) is 0 Å². The van der Waals surface area contributed by atoms with Gasteiger partial charge in [-0.2, -0.15) is 0 Å². The first-order chi connectivity index (χ1) is 6.36. The van der Waals surface area contributed by atoms with Crippen molar-refractivity contribution in [3.05, 3.63) is 62.1 Å². The Morgan fingerprint density at radius 3 is 1.15 bits per heavy atom. The standard InChI is InChI=1S/C8H6.C4H6O/c1-2-8-5-3-7(1)4-6-8;1-3-5-4-2/h1-6H;3-4H,1-2H2. The topological polar surface area (TPSA) is 9.23 Å². The van der Waals surface area contributed by atoms with E-state index in [1.54, 1.807) is 0 Å². The van der Waals surface area contributed by atoms with Gasteiger partial charge in [-0.15, -0.1) is 0 Å². The number of hydrogen-bond donors (Lipinski definition) is 0. The van der Waals surface area contributed by atoms with Crippen molar-refractivity contribution in [1.29, 1.82) is 0 Å². The molecule has 0 unspecified atom stereocenters. The molecule has 0 radical (unpaired) electrons. The second-order valence-corrected chi connectivity index (χ2v) is 2.47. The smallest absolute Gasteiger partial charge is 0.0829 e. The lowest BCUT2D eigenvalue weighted by molar-refractivity contribution is 0.406. The Labute approximate surface area is 78.3 Å². The van der Waals surface area contributed by atoms with E-state index in [0.717, 1.165) is 0 Å². The van der Waals surface area contributed by atoms with Crippen molar-refractivity contribution in [3.63, 3.8) is 0 Å². The summed E-state index contributed by atoms with van der Waals surface area (Å²) >= 11 is 0. The second-order valence-electron chi connectivity index (χ2n) is 2.47. The highest BCUT2D eigenvalue weighted by molar-refractivity contribution is 5.68. The van der Waals surface area contributed by atoms with Crippen LogP contribution in [0.2, 0.25) is 0 Å². The van der Waals surface area contributed by atoms with Crippen LogP contribution in [0.15, 0.2) is 62.1 Å². The molecule has 0 saturated carbocycles. The maximum Gasteiger partial charge on any atom is 0.0829 e. The van der Waals surface area contributed by atoms with Crippen LogP contribution >= 0.6 is 0 Å². The van der Waals surface area contributed by atoms with Gasteiger partial charge in [0.05, 0.1) is 12.5 Å². The van der Waals surface area contributed by atoms with E-state index < -0.39 is 0 Å². The molecule has 0 saturated heterocycles. The molecule has 0 aliphatic heterocycles. The summed E-state index contributed by atoms with van der Waals surface area (Å²) in [4.78, 5) is 0. The van der Waals surface area contributed by atoms with Gasteiger partial charge in [-0.05, 0) is 10.8 Å². The molecule has 0 spiro atoms. The maximum atomic E-state index is 4.36. The van der Waals surface area contributed by atoms with Crippen molar-refractivity contribution in [2.24, 2.45) is 0 Å². The third kappa shape index (κ3) is 2.99. The molecule has 66 valence electrons. The SMILES string of the molecule is C=COC=C.c1cc2ccc1cc2. The lowest BCUT2D eigenvalue weighted by Crippen LogP contribution is -1.67. The summed E-state index contributed by atoms with van der Waals surface area (Å²) in [5.41, 5.74) is 0. The van der Waals surface area contributed by atoms with Crippen LogP contribution < -0.4 is 0 Å². The van der Waals surface area contributed by atoms with E-state index in [-0.39, 0.29) is 0 Å². The molecule has 3 aromatic rings. The largest absolute Gasteiger partial charge is 0.474 e. The highest BCUT2D eigenvalue weighted by Crippen LogP contribution is 2.09. The molecule has 0 aromatic heterocycles. The van der Waals surface area contributed by atoms with E-state index in [9.17, 15) is 0 Å². The number of fused-ring (bicyclic) bond motifs is 3. The highest BCUT2D eigenvalue weighted by Gasteiger charge is 1.84. The highest BCUT2D eigenvalue weighted by atomic mass is 16.5. The number of hydrogen-bond acceptors (Lipinski definition) is 1. The molecule has 0 fully saturated rings. The number of rotatable bonds is 2. The lowest BCUT2D eigenvalue weighted by Gasteiger charge is -1.92. The molecule has 0 aliphatic carbocycles. The second kappa shape index (κ2) is 4.99. The molecule has 2 bridgehead atoms. The maximum absolute atomic E-state index is 4.36. The predicted molar refractivity (Wildman–Crippen MR) is 56.6 cm³/mol. The van der Waals surface area contributed by atoms with E-state index >= 15 is 0 Å². The molecular weight excluding hydrogens is 160 g/mol. The van der Waals surface area contributed by atoms with Crippen molar-refractivity contribution < 1.29 is 4.74 Å². The van der Waals surface area contributed by atoms with Crippen molar-refractivity contribution in [3.8, 4) is 0 Å². The fourth-order valence-corrected chi connectivity index (χ4v) is 0.979. The molecular formula is C12H12O. The molecule has 0 amide bonds. The zero-order valence-corrected chi connectivity index (χ0v) is 7.44. The van der Waals surface area contributed by atoms with Gasteiger partial charge in [-0.25, -0.2) is 0 Å². The van der Waals surface area contributed by atoms with Crippen molar-refractivity contribution in [2.45, 2.75) is 0 Å². The lowest BCUT2D eigenvalue weighted by atomic mass is 10.1. The Kier molecular flexibility index (Phi) is 3.58. The summed E-state index contributed by atoms with van der Waals surface area (Å²) in [6.45, 7) is 6.51. The van der Waals surface area contributed by atoms with Gasteiger partial charge in [0.2, 0.25) is 0 Å². The molecule has 1 nitrogen and oxygen atoms in total. The quantitative estimate of drug-likeness (QED) is 0.629. The van der Waals surface area contributed by atoms with Gasteiger partial charge in [0.1, 0.15) is 0 Å². The van der Waals surface area contributed by atoms with Crippen molar-refractivity contribution in [2.75, 3.05) is 0 Å². The van der Waals surface area contributed by atoms with E-state index in [4.69, 9.17) is 0 Å². The normalized spacial score (nSPS) is 8.62. The Balaban J connectivity index is 0.000000149. The van der Waals surface area contributed by atoms with Crippen LogP contribution in [-0.2, 0) is 4.74 Å². The Morgan fingerprint density at radius 2 is 1.08 bits per heavy atom. The van der Waals surface area contributed by atoms with Gasteiger partial charge in [0.25, 0.3) is 0 Å². The van der Waals surface area contributed by atoms with Crippen LogP contribution in [0.4, 0.5) is 0 Å². The summed E-state index contributed by atoms with van der Waals surface area (Å²) in [6.07, 6.45) is 2.62. The van der Waals surface area contributed by atoms with E-state index in [1.807, 2.05) is 0 Å². The molecule has 0 heterocycles. The summed E-state index contributed by atoms with van der Waals surface area (Å²) in [5.74, 6) is 0. The minimum absolute atomic E-state index is 1.31.